The van der Waals surface area contributed by atoms with Crippen molar-refractivity contribution in [2.45, 2.75) is 25.4 Å². The highest BCUT2D eigenvalue weighted by Gasteiger charge is 2.18. The maximum atomic E-state index is 13.6. The molecular formula is C13H19BrClFN2. The van der Waals surface area contributed by atoms with Crippen molar-refractivity contribution in [3.8, 4) is 0 Å². The normalized spacial score (nSPS) is 17.5. The second-order valence-electron chi connectivity index (χ2n) is 4.57. The van der Waals surface area contributed by atoms with Crippen LogP contribution in [-0.2, 0) is 6.54 Å². The zero-order valence-electron chi connectivity index (χ0n) is 10.5. The molecule has 1 heterocycles. The maximum Gasteiger partial charge on any atom is 0.127 e. The molecule has 1 aliphatic heterocycles. The standard InChI is InChI=1S/C13H18BrFN2.ClH/c1-16-12-4-6-17(7-5-12)9-10-8-11(14)2-3-13(10)15;/h2-3,8,12,16H,4-7,9H2,1H3;1H. The average molecular weight is 338 g/mol. The Morgan fingerprint density at radius 1 is 1.39 bits per heavy atom. The van der Waals surface area contributed by atoms with Crippen molar-refractivity contribution in [3.05, 3.63) is 34.1 Å². The summed E-state index contributed by atoms with van der Waals surface area (Å²) in [5, 5.41) is 3.30. The van der Waals surface area contributed by atoms with Crippen LogP contribution in [0.5, 0.6) is 0 Å². The Kier molecular flexibility index (Phi) is 6.57. The average Bonchev–Trinajstić information content (AvgIpc) is 2.35. The van der Waals surface area contributed by atoms with Gasteiger partial charge < -0.3 is 5.32 Å². The van der Waals surface area contributed by atoms with E-state index in [-0.39, 0.29) is 18.2 Å². The van der Waals surface area contributed by atoms with E-state index in [0.717, 1.165) is 36.0 Å². The highest BCUT2D eigenvalue weighted by Crippen LogP contribution is 2.19. The fourth-order valence-electron chi connectivity index (χ4n) is 2.29. The topological polar surface area (TPSA) is 15.3 Å². The fraction of sp³-hybridized carbons (Fsp3) is 0.538. The monoisotopic (exact) mass is 336 g/mol. The van der Waals surface area contributed by atoms with Gasteiger partial charge in [-0.05, 0) is 51.2 Å². The molecule has 102 valence electrons. The molecule has 2 rings (SSSR count). The van der Waals surface area contributed by atoms with Gasteiger partial charge in [-0.3, -0.25) is 4.90 Å². The van der Waals surface area contributed by atoms with Crippen LogP contribution in [0, 0.1) is 5.82 Å². The van der Waals surface area contributed by atoms with Crippen LogP contribution in [0.2, 0.25) is 0 Å². The lowest BCUT2D eigenvalue weighted by atomic mass is 10.0. The minimum atomic E-state index is -0.107. The molecule has 1 aliphatic rings. The van der Waals surface area contributed by atoms with Gasteiger partial charge in [0.25, 0.3) is 0 Å². The Balaban J connectivity index is 0.00000162. The van der Waals surface area contributed by atoms with Gasteiger partial charge in [0.1, 0.15) is 5.82 Å². The molecule has 1 N–H and O–H groups in total. The van der Waals surface area contributed by atoms with Crippen LogP contribution in [0.1, 0.15) is 18.4 Å². The Labute approximate surface area is 122 Å². The van der Waals surface area contributed by atoms with Crippen molar-refractivity contribution in [2.75, 3.05) is 20.1 Å². The number of hydrogen-bond acceptors (Lipinski definition) is 2. The Bertz CT molecular complexity index is 381. The summed E-state index contributed by atoms with van der Waals surface area (Å²) in [5.74, 6) is -0.107. The van der Waals surface area contributed by atoms with Crippen molar-refractivity contribution >= 4 is 28.3 Å². The van der Waals surface area contributed by atoms with Crippen LogP contribution in [0.4, 0.5) is 4.39 Å². The quantitative estimate of drug-likeness (QED) is 0.911. The SMILES string of the molecule is CNC1CCN(Cc2cc(Br)ccc2F)CC1.Cl. The summed E-state index contributed by atoms with van der Waals surface area (Å²) in [7, 11) is 2.01. The number of hydrogen-bond donors (Lipinski definition) is 1. The molecule has 0 radical (unpaired) electrons. The molecule has 1 aromatic rings. The minimum absolute atomic E-state index is 0. The van der Waals surface area contributed by atoms with Crippen molar-refractivity contribution in [1.29, 1.82) is 0 Å². The predicted molar refractivity (Wildman–Crippen MR) is 78.7 cm³/mol. The van der Waals surface area contributed by atoms with E-state index in [2.05, 4.69) is 26.1 Å². The number of rotatable bonds is 3. The lowest BCUT2D eigenvalue weighted by Gasteiger charge is -2.31. The second kappa shape index (κ2) is 7.43. The fourth-order valence-corrected chi connectivity index (χ4v) is 2.69. The minimum Gasteiger partial charge on any atom is -0.317 e. The number of nitrogens with one attached hydrogen (secondary N) is 1. The van der Waals surface area contributed by atoms with Crippen LogP contribution in [0.15, 0.2) is 22.7 Å². The van der Waals surface area contributed by atoms with E-state index in [9.17, 15) is 4.39 Å². The summed E-state index contributed by atoms with van der Waals surface area (Å²) in [5.41, 5.74) is 0.780. The molecule has 2 nitrogen and oxygen atoms in total. The lowest BCUT2D eigenvalue weighted by Crippen LogP contribution is -2.40. The van der Waals surface area contributed by atoms with Crippen molar-refractivity contribution in [1.82, 2.24) is 10.2 Å². The Morgan fingerprint density at radius 2 is 2.06 bits per heavy atom. The molecular weight excluding hydrogens is 319 g/mol. The van der Waals surface area contributed by atoms with E-state index < -0.39 is 0 Å². The molecule has 0 atom stereocenters. The molecule has 0 aromatic heterocycles. The van der Waals surface area contributed by atoms with Gasteiger partial charge in [0.2, 0.25) is 0 Å². The number of likely N-dealkylation sites (tertiary alicyclic amines) is 1. The van der Waals surface area contributed by atoms with Gasteiger partial charge in [0, 0.05) is 22.6 Å². The number of nitrogens with zero attached hydrogens (tertiary/aromatic N) is 1. The van der Waals surface area contributed by atoms with Gasteiger partial charge in [-0.25, -0.2) is 4.39 Å². The van der Waals surface area contributed by atoms with Crippen LogP contribution in [0.25, 0.3) is 0 Å². The van der Waals surface area contributed by atoms with Crippen molar-refractivity contribution in [2.24, 2.45) is 0 Å². The molecule has 1 saturated heterocycles. The summed E-state index contributed by atoms with van der Waals surface area (Å²) in [4.78, 5) is 2.32. The number of halogens is 3. The summed E-state index contributed by atoms with van der Waals surface area (Å²) >= 11 is 3.39. The van der Waals surface area contributed by atoms with Gasteiger partial charge in [-0.1, -0.05) is 15.9 Å². The summed E-state index contributed by atoms with van der Waals surface area (Å²) in [6.45, 7) is 2.79. The zero-order valence-corrected chi connectivity index (χ0v) is 12.9. The third-order valence-corrected chi connectivity index (χ3v) is 3.89. The van der Waals surface area contributed by atoms with Gasteiger partial charge in [0.15, 0.2) is 0 Å². The molecule has 0 amide bonds. The Hall–Kier alpha value is -0.160. The van der Waals surface area contributed by atoms with E-state index in [0.29, 0.717) is 12.6 Å². The zero-order chi connectivity index (χ0) is 12.3. The van der Waals surface area contributed by atoms with Crippen LogP contribution < -0.4 is 5.32 Å². The van der Waals surface area contributed by atoms with E-state index in [4.69, 9.17) is 0 Å². The first-order valence-corrected chi connectivity index (χ1v) is 6.82. The van der Waals surface area contributed by atoms with Crippen molar-refractivity contribution in [3.63, 3.8) is 0 Å². The van der Waals surface area contributed by atoms with Gasteiger partial charge in [-0.15, -0.1) is 12.4 Å². The highest BCUT2D eigenvalue weighted by atomic mass is 79.9. The third kappa shape index (κ3) is 4.19. The molecule has 0 saturated carbocycles. The molecule has 0 aliphatic carbocycles. The van der Waals surface area contributed by atoms with Gasteiger partial charge >= 0.3 is 0 Å². The second-order valence-corrected chi connectivity index (χ2v) is 5.49. The smallest absolute Gasteiger partial charge is 0.127 e. The molecule has 0 unspecified atom stereocenters. The largest absolute Gasteiger partial charge is 0.317 e. The summed E-state index contributed by atoms with van der Waals surface area (Å²) in [6.07, 6.45) is 2.29. The van der Waals surface area contributed by atoms with Crippen LogP contribution >= 0.6 is 28.3 Å². The maximum absolute atomic E-state index is 13.6. The van der Waals surface area contributed by atoms with E-state index in [1.807, 2.05) is 13.1 Å². The van der Waals surface area contributed by atoms with E-state index >= 15 is 0 Å². The lowest BCUT2D eigenvalue weighted by molar-refractivity contribution is 0.192. The molecule has 18 heavy (non-hydrogen) atoms. The van der Waals surface area contributed by atoms with Crippen LogP contribution in [0.3, 0.4) is 0 Å². The van der Waals surface area contributed by atoms with Gasteiger partial charge in [-0.2, -0.15) is 0 Å². The van der Waals surface area contributed by atoms with Crippen molar-refractivity contribution < 1.29 is 4.39 Å². The van der Waals surface area contributed by atoms with Gasteiger partial charge in [0.05, 0.1) is 0 Å². The Morgan fingerprint density at radius 3 is 2.67 bits per heavy atom. The first-order chi connectivity index (χ1) is 8.19. The molecule has 0 bridgehead atoms. The molecule has 1 aromatic carbocycles. The number of piperidine rings is 1. The summed E-state index contributed by atoms with van der Waals surface area (Å²) in [6, 6.07) is 5.77. The van der Waals surface area contributed by atoms with Crippen LogP contribution in [-0.4, -0.2) is 31.1 Å². The van der Waals surface area contributed by atoms with E-state index in [1.165, 1.54) is 6.07 Å². The van der Waals surface area contributed by atoms with E-state index in [1.54, 1.807) is 6.07 Å². The first-order valence-electron chi connectivity index (χ1n) is 6.02. The molecule has 5 heteroatoms. The first kappa shape index (κ1) is 15.9. The highest BCUT2D eigenvalue weighted by molar-refractivity contribution is 9.10. The number of benzene rings is 1. The molecule has 1 fully saturated rings. The third-order valence-electron chi connectivity index (χ3n) is 3.40. The summed E-state index contributed by atoms with van der Waals surface area (Å²) < 4.78 is 14.6. The predicted octanol–water partition coefficient (Wildman–Crippen LogP) is 3.19. The molecule has 0 spiro atoms.